The zero-order valence-electron chi connectivity index (χ0n) is 19.0. The van der Waals surface area contributed by atoms with E-state index in [1.54, 1.807) is 0 Å². The van der Waals surface area contributed by atoms with Crippen LogP contribution in [0, 0.1) is 27.7 Å². The molecule has 0 saturated carbocycles. The van der Waals surface area contributed by atoms with E-state index in [-0.39, 0.29) is 5.91 Å². The molecule has 33 heavy (non-hydrogen) atoms. The summed E-state index contributed by atoms with van der Waals surface area (Å²) < 4.78 is 6.01. The van der Waals surface area contributed by atoms with Gasteiger partial charge in [0.25, 0.3) is 5.91 Å². The Hall–Kier alpha value is -3.02. The third kappa shape index (κ3) is 5.49. The number of hydrogen-bond donors (Lipinski definition) is 1. The summed E-state index contributed by atoms with van der Waals surface area (Å²) in [5.41, 5.74) is 7.50. The summed E-state index contributed by atoms with van der Waals surface area (Å²) in [5, 5.41) is 4.01. The lowest BCUT2D eigenvalue weighted by Gasteiger charge is -2.13. The van der Waals surface area contributed by atoms with E-state index in [9.17, 15) is 4.79 Å². The van der Waals surface area contributed by atoms with Crippen molar-refractivity contribution in [2.75, 3.05) is 0 Å². The van der Waals surface area contributed by atoms with Crippen LogP contribution in [-0.4, -0.2) is 11.1 Å². The Balaban J connectivity index is 1.44. The van der Waals surface area contributed by atoms with Crippen LogP contribution in [0.5, 0.6) is 5.75 Å². The fraction of sp³-hybridized carbons (Fsp3) is 0.185. The first kappa shape index (κ1) is 23.1. The zero-order chi connectivity index (χ0) is 23.5. The largest absolute Gasteiger partial charge is 0.489 e. The van der Waals surface area contributed by atoms with E-state index in [0.29, 0.717) is 21.7 Å². The Bertz CT molecular complexity index is 1260. The Morgan fingerprint density at radius 3 is 2.42 bits per heavy atom. The van der Waals surface area contributed by atoms with Crippen molar-refractivity contribution in [3.63, 3.8) is 0 Å². The van der Waals surface area contributed by atoms with Gasteiger partial charge in [0.05, 0.1) is 10.6 Å². The van der Waals surface area contributed by atoms with Crippen LogP contribution in [0.25, 0.3) is 6.08 Å². The molecule has 1 amide bonds. The highest BCUT2D eigenvalue weighted by molar-refractivity contribution is 8.18. The quantitative estimate of drug-likeness (QED) is 0.401. The highest BCUT2D eigenvalue weighted by Gasteiger charge is 2.24. The molecule has 1 fully saturated rings. The van der Waals surface area contributed by atoms with Gasteiger partial charge >= 0.3 is 0 Å². The van der Waals surface area contributed by atoms with E-state index in [4.69, 9.17) is 16.3 Å². The third-order valence-electron chi connectivity index (χ3n) is 5.51. The number of aliphatic imine (C=N–C) groups is 1. The third-order valence-corrected chi connectivity index (χ3v) is 6.83. The summed E-state index contributed by atoms with van der Waals surface area (Å²) in [7, 11) is 0. The molecule has 1 aliphatic heterocycles. The lowest BCUT2D eigenvalue weighted by Crippen LogP contribution is -2.19. The number of aryl methyl sites for hydroxylation is 3. The fourth-order valence-corrected chi connectivity index (χ4v) is 4.72. The molecule has 0 bridgehead atoms. The predicted octanol–water partition coefficient (Wildman–Crippen LogP) is 7.04. The SMILES string of the molecule is Cc1cc(C)c(COc2ccc(/C=C3\SC(=Nc4cccc(Cl)c4C)NC3=O)cc2)c(C)c1. The molecule has 0 unspecified atom stereocenters. The summed E-state index contributed by atoms with van der Waals surface area (Å²) in [5.74, 6) is 0.628. The average Bonchev–Trinajstić information content (AvgIpc) is 3.10. The topological polar surface area (TPSA) is 50.7 Å². The minimum absolute atomic E-state index is 0.163. The summed E-state index contributed by atoms with van der Waals surface area (Å²) in [6, 6.07) is 17.6. The molecule has 1 aliphatic rings. The van der Waals surface area contributed by atoms with Gasteiger partial charge < -0.3 is 10.1 Å². The monoisotopic (exact) mass is 476 g/mol. The van der Waals surface area contributed by atoms with Crippen molar-refractivity contribution >= 4 is 46.2 Å². The molecule has 0 atom stereocenters. The predicted molar refractivity (Wildman–Crippen MR) is 138 cm³/mol. The van der Waals surface area contributed by atoms with Crippen molar-refractivity contribution in [1.82, 2.24) is 5.32 Å². The van der Waals surface area contributed by atoms with Gasteiger partial charge in [-0.15, -0.1) is 0 Å². The van der Waals surface area contributed by atoms with Gasteiger partial charge in [-0.1, -0.05) is 47.5 Å². The molecule has 1 heterocycles. The average molecular weight is 477 g/mol. The van der Waals surface area contributed by atoms with Crippen molar-refractivity contribution < 1.29 is 9.53 Å². The summed E-state index contributed by atoms with van der Waals surface area (Å²) in [6.45, 7) is 8.77. The number of carbonyl (C=O) groups is 1. The highest BCUT2D eigenvalue weighted by Crippen LogP contribution is 2.31. The van der Waals surface area contributed by atoms with E-state index >= 15 is 0 Å². The maximum Gasteiger partial charge on any atom is 0.264 e. The lowest BCUT2D eigenvalue weighted by atomic mass is 10.0. The molecule has 0 aliphatic carbocycles. The molecule has 1 saturated heterocycles. The molecular weight excluding hydrogens is 452 g/mol. The van der Waals surface area contributed by atoms with Crippen LogP contribution in [0.2, 0.25) is 5.02 Å². The van der Waals surface area contributed by atoms with Crippen LogP contribution >= 0.6 is 23.4 Å². The molecule has 0 aromatic heterocycles. The van der Waals surface area contributed by atoms with Crippen LogP contribution in [-0.2, 0) is 11.4 Å². The van der Waals surface area contributed by atoms with Gasteiger partial charge in [0.15, 0.2) is 5.17 Å². The number of amidine groups is 1. The van der Waals surface area contributed by atoms with Crippen molar-refractivity contribution in [3.8, 4) is 5.75 Å². The molecule has 4 rings (SSSR count). The number of carbonyl (C=O) groups excluding carboxylic acids is 1. The minimum atomic E-state index is -0.163. The molecule has 0 radical (unpaired) electrons. The van der Waals surface area contributed by atoms with Gasteiger partial charge in [0.2, 0.25) is 0 Å². The first-order valence-corrected chi connectivity index (χ1v) is 11.8. The van der Waals surface area contributed by atoms with Gasteiger partial charge in [-0.05, 0) is 97.6 Å². The molecule has 4 nitrogen and oxygen atoms in total. The van der Waals surface area contributed by atoms with Gasteiger partial charge in [-0.2, -0.15) is 0 Å². The number of halogens is 1. The van der Waals surface area contributed by atoms with Gasteiger partial charge in [-0.25, -0.2) is 4.99 Å². The highest BCUT2D eigenvalue weighted by atomic mass is 35.5. The molecular formula is C27H25ClN2O2S. The fourth-order valence-electron chi connectivity index (χ4n) is 3.71. The standard InChI is InChI=1S/C27H25ClN2O2S/c1-16-12-17(2)22(18(3)13-16)15-32-21-10-8-20(9-11-21)14-25-26(31)30-27(33-25)29-24-7-5-6-23(28)19(24)4/h5-14H,15H2,1-4H3,(H,29,30,31)/b25-14-. The smallest absolute Gasteiger partial charge is 0.264 e. The molecule has 6 heteroatoms. The molecule has 3 aromatic rings. The Morgan fingerprint density at radius 1 is 1.03 bits per heavy atom. The van der Waals surface area contributed by atoms with Crippen LogP contribution in [0.3, 0.4) is 0 Å². The van der Waals surface area contributed by atoms with Crippen molar-refractivity contribution in [2.24, 2.45) is 4.99 Å². The number of ether oxygens (including phenoxy) is 1. The summed E-state index contributed by atoms with van der Waals surface area (Å²) >= 11 is 7.49. The van der Waals surface area contributed by atoms with Crippen molar-refractivity contribution in [1.29, 1.82) is 0 Å². The van der Waals surface area contributed by atoms with Crippen LogP contribution in [0.4, 0.5) is 5.69 Å². The first-order chi connectivity index (χ1) is 15.8. The number of hydrogen-bond acceptors (Lipinski definition) is 4. The van der Waals surface area contributed by atoms with Gasteiger partial charge in [0, 0.05) is 5.02 Å². The summed E-state index contributed by atoms with van der Waals surface area (Å²) in [4.78, 5) is 17.6. The Kier molecular flexibility index (Phi) is 6.91. The number of benzene rings is 3. The summed E-state index contributed by atoms with van der Waals surface area (Å²) in [6.07, 6.45) is 1.85. The number of rotatable bonds is 5. The Labute approximate surface area is 203 Å². The maximum atomic E-state index is 12.4. The maximum absolute atomic E-state index is 12.4. The van der Waals surface area contributed by atoms with E-state index in [1.807, 2.05) is 55.5 Å². The van der Waals surface area contributed by atoms with Crippen molar-refractivity contribution in [2.45, 2.75) is 34.3 Å². The number of nitrogens with zero attached hydrogens (tertiary/aromatic N) is 1. The van der Waals surface area contributed by atoms with E-state index in [1.165, 1.54) is 34.0 Å². The number of nitrogens with one attached hydrogen (secondary N) is 1. The molecule has 1 N–H and O–H groups in total. The molecule has 168 valence electrons. The minimum Gasteiger partial charge on any atom is -0.489 e. The molecule has 0 spiro atoms. The second-order valence-electron chi connectivity index (χ2n) is 8.10. The second kappa shape index (κ2) is 9.86. The van der Waals surface area contributed by atoms with E-state index < -0.39 is 0 Å². The normalized spacial score (nSPS) is 15.8. The number of thioether (sulfide) groups is 1. The van der Waals surface area contributed by atoms with Crippen LogP contribution in [0.15, 0.2) is 64.5 Å². The lowest BCUT2D eigenvalue weighted by molar-refractivity contribution is -0.115. The van der Waals surface area contributed by atoms with E-state index in [2.05, 4.69) is 43.2 Å². The van der Waals surface area contributed by atoms with Crippen LogP contribution in [0.1, 0.15) is 33.4 Å². The zero-order valence-corrected chi connectivity index (χ0v) is 20.6. The second-order valence-corrected chi connectivity index (χ2v) is 9.54. The number of amides is 1. The van der Waals surface area contributed by atoms with Gasteiger partial charge in [0.1, 0.15) is 12.4 Å². The molecule has 3 aromatic carbocycles. The van der Waals surface area contributed by atoms with Crippen molar-refractivity contribution in [3.05, 3.63) is 97.9 Å². The van der Waals surface area contributed by atoms with E-state index in [0.717, 1.165) is 22.6 Å². The first-order valence-electron chi connectivity index (χ1n) is 10.6. The van der Waals surface area contributed by atoms with Crippen LogP contribution < -0.4 is 10.1 Å². The van der Waals surface area contributed by atoms with Gasteiger partial charge in [-0.3, -0.25) is 4.79 Å². The Morgan fingerprint density at radius 2 is 1.73 bits per heavy atom.